The quantitative estimate of drug-likeness (QED) is 0.762. The largest absolute Gasteiger partial charge is 0.299 e. The van der Waals surface area contributed by atoms with Crippen molar-refractivity contribution < 1.29 is 9.18 Å². The van der Waals surface area contributed by atoms with E-state index in [-0.39, 0.29) is 17.5 Å². The Morgan fingerprint density at radius 2 is 2.12 bits per heavy atom. The molecule has 88 valence electrons. The van der Waals surface area contributed by atoms with Crippen molar-refractivity contribution in [3.63, 3.8) is 0 Å². The predicted molar refractivity (Wildman–Crippen MR) is 64.2 cm³/mol. The van der Waals surface area contributed by atoms with E-state index in [0.29, 0.717) is 29.8 Å². The molecular weight excluding hydrogens is 227 g/mol. The minimum absolute atomic E-state index is 0.0649. The maximum absolute atomic E-state index is 13.4. The maximum Gasteiger partial charge on any atom is 0.135 e. The summed E-state index contributed by atoms with van der Waals surface area (Å²) in [5, 5.41) is 0.402. The van der Waals surface area contributed by atoms with Crippen molar-refractivity contribution in [3.8, 4) is 0 Å². The first kappa shape index (κ1) is 13.2. The SMILES string of the molecule is CC(C)C(=O)CCCc1ccc(Cl)cc1F. The lowest BCUT2D eigenvalue weighted by molar-refractivity contribution is -0.121. The third-order valence-corrected chi connectivity index (χ3v) is 2.76. The third-order valence-electron chi connectivity index (χ3n) is 2.53. The zero-order valence-electron chi connectivity index (χ0n) is 9.59. The number of aryl methyl sites for hydroxylation is 1. The fourth-order valence-electron chi connectivity index (χ4n) is 1.47. The van der Waals surface area contributed by atoms with Crippen LogP contribution < -0.4 is 0 Å². The van der Waals surface area contributed by atoms with Crippen LogP contribution in [0.4, 0.5) is 4.39 Å². The summed E-state index contributed by atoms with van der Waals surface area (Å²) in [5.74, 6) is 0.00827. The summed E-state index contributed by atoms with van der Waals surface area (Å²) in [6, 6.07) is 4.66. The van der Waals surface area contributed by atoms with E-state index in [1.165, 1.54) is 6.07 Å². The summed E-state index contributed by atoms with van der Waals surface area (Å²) in [6.45, 7) is 3.76. The van der Waals surface area contributed by atoms with Gasteiger partial charge in [-0.25, -0.2) is 4.39 Å². The van der Waals surface area contributed by atoms with Gasteiger partial charge in [0.05, 0.1) is 0 Å². The van der Waals surface area contributed by atoms with E-state index in [1.807, 2.05) is 13.8 Å². The first-order valence-corrected chi connectivity index (χ1v) is 5.85. The highest BCUT2D eigenvalue weighted by atomic mass is 35.5. The lowest BCUT2D eigenvalue weighted by Crippen LogP contribution is -2.07. The van der Waals surface area contributed by atoms with Gasteiger partial charge in [0, 0.05) is 17.4 Å². The molecule has 0 aromatic heterocycles. The zero-order chi connectivity index (χ0) is 12.1. The van der Waals surface area contributed by atoms with Crippen molar-refractivity contribution in [1.82, 2.24) is 0 Å². The molecule has 0 bridgehead atoms. The molecule has 0 fully saturated rings. The number of Topliss-reactive ketones (excluding diaryl/α,β-unsaturated/α-hetero) is 1. The topological polar surface area (TPSA) is 17.1 Å². The third kappa shape index (κ3) is 3.93. The normalized spacial score (nSPS) is 10.8. The minimum atomic E-state index is -0.288. The van der Waals surface area contributed by atoms with Crippen LogP contribution in [0.25, 0.3) is 0 Å². The average Bonchev–Trinajstić information content (AvgIpc) is 2.20. The molecule has 0 saturated carbocycles. The van der Waals surface area contributed by atoms with Gasteiger partial charge in [-0.05, 0) is 30.5 Å². The summed E-state index contributed by atoms with van der Waals surface area (Å²) in [5.41, 5.74) is 0.626. The number of carbonyl (C=O) groups is 1. The standard InChI is InChI=1S/C13H16ClFO/c1-9(2)13(16)5-3-4-10-6-7-11(14)8-12(10)15/h6-9H,3-5H2,1-2H3. The van der Waals surface area contributed by atoms with Gasteiger partial charge in [-0.1, -0.05) is 31.5 Å². The van der Waals surface area contributed by atoms with Crippen LogP contribution >= 0.6 is 11.6 Å². The molecule has 0 amide bonds. The molecule has 0 radical (unpaired) electrons. The van der Waals surface area contributed by atoms with Gasteiger partial charge in [0.2, 0.25) is 0 Å². The number of hydrogen-bond donors (Lipinski definition) is 0. The monoisotopic (exact) mass is 242 g/mol. The van der Waals surface area contributed by atoms with Crippen molar-refractivity contribution in [2.24, 2.45) is 5.92 Å². The van der Waals surface area contributed by atoms with Crippen LogP contribution in [-0.2, 0) is 11.2 Å². The van der Waals surface area contributed by atoms with Gasteiger partial charge in [-0.15, -0.1) is 0 Å². The van der Waals surface area contributed by atoms with Crippen LogP contribution in [0.3, 0.4) is 0 Å². The van der Waals surface area contributed by atoms with Crippen LogP contribution in [-0.4, -0.2) is 5.78 Å². The van der Waals surface area contributed by atoms with Crippen molar-refractivity contribution in [3.05, 3.63) is 34.6 Å². The lowest BCUT2D eigenvalue weighted by Gasteiger charge is -2.05. The van der Waals surface area contributed by atoms with Crippen LogP contribution in [0.5, 0.6) is 0 Å². The van der Waals surface area contributed by atoms with E-state index >= 15 is 0 Å². The van der Waals surface area contributed by atoms with Gasteiger partial charge in [-0.2, -0.15) is 0 Å². The van der Waals surface area contributed by atoms with Crippen LogP contribution in [0, 0.1) is 11.7 Å². The number of rotatable bonds is 5. The molecule has 0 saturated heterocycles. The first-order valence-electron chi connectivity index (χ1n) is 5.47. The maximum atomic E-state index is 13.4. The molecule has 1 aromatic carbocycles. The molecule has 0 aliphatic heterocycles. The van der Waals surface area contributed by atoms with Crippen molar-refractivity contribution >= 4 is 17.4 Å². The molecule has 0 aliphatic rings. The average molecular weight is 243 g/mol. The van der Waals surface area contributed by atoms with Gasteiger partial charge in [0.15, 0.2) is 0 Å². The highest BCUT2D eigenvalue weighted by Crippen LogP contribution is 2.16. The number of ketones is 1. The molecule has 1 nitrogen and oxygen atoms in total. The van der Waals surface area contributed by atoms with Crippen LogP contribution in [0.15, 0.2) is 18.2 Å². The highest BCUT2D eigenvalue weighted by Gasteiger charge is 2.08. The van der Waals surface area contributed by atoms with E-state index in [4.69, 9.17) is 11.6 Å². The van der Waals surface area contributed by atoms with Crippen molar-refractivity contribution in [1.29, 1.82) is 0 Å². The van der Waals surface area contributed by atoms with E-state index in [1.54, 1.807) is 12.1 Å². The molecule has 0 N–H and O–H groups in total. The smallest absolute Gasteiger partial charge is 0.135 e. The molecule has 16 heavy (non-hydrogen) atoms. The number of halogens is 2. The minimum Gasteiger partial charge on any atom is -0.299 e. The van der Waals surface area contributed by atoms with Gasteiger partial charge in [-0.3, -0.25) is 4.79 Å². The second-order valence-electron chi connectivity index (χ2n) is 4.21. The number of hydrogen-bond acceptors (Lipinski definition) is 1. The number of carbonyl (C=O) groups excluding carboxylic acids is 1. The molecule has 0 atom stereocenters. The zero-order valence-corrected chi connectivity index (χ0v) is 10.4. The lowest BCUT2D eigenvalue weighted by atomic mass is 10.0. The Labute approximate surface area is 101 Å². The molecule has 0 spiro atoms. The Hall–Kier alpha value is -0.890. The second-order valence-corrected chi connectivity index (χ2v) is 4.65. The van der Waals surface area contributed by atoms with E-state index in [9.17, 15) is 9.18 Å². The highest BCUT2D eigenvalue weighted by molar-refractivity contribution is 6.30. The molecule has 0 heterocycles. The van der Waals surface area contributed by atoms with Gasteiger partial charge in [0.1, 0.15) is 11.6 Å². The summed E-state index contributed by atoms with van der Waals surface area (Å²) in [7, 11) is 0. The Kier molecular flexibility index (Phi) is 4.94. The molecule has 1 rings (SSSR count). The van der Waals surface area contributed by atoms with E-state index in [2.05, 4.69) is 0 Å². The van der Waals surface area contributed by atoms with Gasteiger partial charge >= 0.3 is 0 Å². The Bertz CT molecular complexity index is 374. The van der Waals surface area contributed by atoms with Crippen molar-refractivity contribution in [2.75, 3.05) is 0 Å². The van der Waals surface area contributed by atoms with E-state index < -0.39 is 0 Å². The fraction of sp³-hybridized carbons (Fsp3) is 0.462. The summed E-state index contributed by atoms with van der Waals surface area (Å²) in [6.07, 6.45) is 1.79. The van der Waals surface area contributed by atoms with Crippen molar-refractivity contribution in [2.45, 2.75) is 33.1 Å². The summed E-state index contributed by atoms with van der Waals surface area (Å²) < 4.78 is 13.4. The Morgan fingerprint density at radius 1 is 1.44 bits per heavy atom. The van der Waals surface area contributed by atoms with Gasteiger partial charge < -0.3 is 0 Å². The second kappa shape index (κ2) is 6.00. The van der Waals surface area contributed by atoms with Gasteiger partial charge in [0.25, 0.3) is 0 Å². The van der Waals surface area contributed by atoms with E-state index in [0.717, 1.165) is 0 Å². The predicted octanol–water partition coefficient (Wildman–Crippen LogP) is 4.03. The Balaban J connectivity index is 2.46. The Morgan fingerprint density at radius 3 is 2.69 bits per heavy atom. The first-order chi connectivity index (χ1) is 7.50. The van der Waals surface area contributed by atoms with Crippen LogP contribution in [0.1, 0.15) is 32.3 Å². The molecular formula is C13H16ClFO. The molecule has 1 aromatic rings. The van der Waals surface area contributed by atoms with Crippen LogP contribution in [0.2, 0.25) is 5.02 Å². The summed E-state index contributed by atoms with van der Waals surface area (Å²) >= 11 is 5.65. The molecule has 3 heteroatoms. The summed E-state index contributed by atoms with van der Waals surface area (Å²) in [4.78, 5) is 11.4. The number of benzene rings is 1. The fourth-order valence-corrected chi connectivity index (χ4v) is 1.62. The molecule has 0 unspecified atom stereocenters. The molecule has 0 aliphatic carbocycles.